The van der Waals surface area contributed by atoms with Gasteiger partial charge in [0, 0.05) is 23.7 Å². The van der Waals surface area contributed by atoms with Gasteiger partial charge in [-0.25, -0.2) is 4.98 Å². The summed E-state index contributed by atoms with van der Waals surface area (Å²) in [5, 5.41) is 5.45. The summed E-state index contributed by atoms with van der Waals surface area (Å²) in [6.45, 7) is 7.65. The first kappa shape index (κ1) is 13.8. The van der Waals surface area contributed by atoms with Gasteiger partial charge in [0.05, 0.1) is 11.4 Å². The van der Waals surface area contributed by atoms with Crippen molar-refractivity contribution in [3.63, 3.8) is 0 Å². The Kier molecular flexibility index (Phi) is 3.42. The molecule has 2 aromatic rings. The lowest BCUT2D eigenvalue weighted by molar-refractivity contribution is 0.282. The van der Waals surface area contributed by atoms with Crippen molar-refractivity contribution in [3.05, 3.63) is 22.8 Å². The SMILES string of the molecule is CCCn1nccc1-c1nc2c(s1)C(N)CC(C)(C)C2. The minimum absolute atomic E-state index is 0.127. The fraction of sp³-hybridized carbons (Fsp3) is 0.600. The van der Waals surface area contributed by atoms with Crippen LogP contribution >= 0.6 is 11.3 Å². The van der Waals surface area contributed by atoms with E-state index in [9.17, 15) is 0 Å². The minimum atomic E-state index is 0.127. The Morgan fingerprint density at radius 3 is 3.05 bits per heavy atom. The summed E-state index contributed by atoms with van der Waals surface area (Å²) in [7, 11) is 0. The minimum Gasteiger partial charge on any atom is -0.323 e. The van der Waals surface area contributed by atoms with E-state index in [1.807, 2.05) is 10.9 Å². The van der Waals surface area contributed by atoms with Gasteiger partial charge in [-0.2, -0.15) is 5.10 Å². The molecule has 4 nitrogen and oxygen atoms in total. The van der Waals surface area contributed by atoms with Gasteiger partial charge in [0.25, 0.3) is 0 Å². The van der Waals surface area contributed by atoms with Crippen molar-refractivity contribution >= 4 is 11.3 Å². The van der Waals surface area contributed by atoms with E-state index in [0.29, 0.717) is 0 Å². The zero-order valence-corrected chi connectivity index (χ0v) is 13.2. The molecule has 108 valence electrons. The molecule has 2 N–H and O–H groups in total. The van der Waals surface area contributed by atoms with Crippen LogP contribution in [0, 0.1) is 5.41 Å². The van der Waals surface area contributed by atoms with Gasteiger partial charge in [0.15, 0.2) is 0 Å². The maximum absolute atomic E-state index is 6.33. The smallest absolute Gasteiger partial charge is 0.142 e. The first-order valence-electron chi connectivity index (χ1n) is 7.27. The number of fused-ring (bicyclic) bond motifs is 1. The van der Waals surface area contributed by atoms with E-state index in [4.69, 9.17) is 10.7 Å². The molecule has 0 amide bonds. The fourth-order valence-corrected chi connectivity index (χ4v) is 4.12. The van der Waals surface area contributed by atoms with Crippen LogP contribution in [0.3, 0.4) is 0 Å². The van der Waals surface area contributed by atoms with Gasteiger partial charge in [-0.05, 0) is 30.7 Å². The summed E-state index contributed by atoms with van der Waals surface area (Å²) >= 11 is 1.74. The van der Waals surface area contributed by atoms with E-state index >= 15 is 0 Å². The molecule has 20 heavy (non-hydrogen) atoms. The van der Waals surface area contributed by atoms with Gasteiger partial charge in [-0.15, -0.1) is 11.3 Å². The summed E-state index contributed by atoms with van der Waals surface area (Å²) < 4.78 is 2.04. The Morgan fingerprint density at radius 1 is 1.50 bits per heavy atom. The molecule has 0 aromatic carbocycles. The third-order valence-electron chi connectivity index (χ3n) is 3.85. The predicted octanol–water partition coefficient (Wildman–Crippen LogP) is 3.39. The lowest BCUT2D eigenvalue weighted by Gasteiger charge is -2.32. The molecule has 0 saturated heterocycles. The molecule has 1 aliphatic carbocycles. The molecular weight excluding hydrogens is 268 g/mol. The summed E-state index contributed by atoms with van der Waals surface area (Å²) in [6.07, 6.45) is 4.99. The van der Waals surface area contributed by atoms with Crippen LogP contribution in [0.2, 0.25) is 0 Å². The number of rotatable bonds is 3. The standard InChI is InChI=1S/C15H22N4S/c1-4-7-19-12(5-6-17-19)14-18-11-9-15(2,3)8-10(16)13(11)20-14/h5-6,10H,4,7-9,16H2,1-3H3. The van der Waals surface area contributed by atoms with Gasteiger partial charge in [0.2, 0.25) is 0 Å². The van der Waals surface area contributed by atoms with Crippen molar-refractivity contribution in [2.45, 2.75) is 52.6 Å². The van der Waals surface area contributed by atoms with Crippen LogP contribution in [0.25, 0.3) is 10.7 Å². The zero-order valence-electron chi connectivity index (χ0n) is 12.4. The number of hydrogen-bond donors (Lipinski definition) is 1. The number of nitrogens with two attached hydrogens (primary N) is 1. The Bertz CT molecular complexity index is 611. The number of aromatic nitrogens is 3. The van der Waals surface area contributed by atoms with E-state index < -0.39 is 0 Å². The van der Waals surface area contributed by atoms with Crippen molar-refractivity contribution in [1.29, 1.82) is 0 Å². The molecule has 3 rings (SSSR count). The van der Waals surface area contributed by atoms with Crippen LogP contribution in [0.15, 0.2) is 12.3 Å². The maximum atomic E-state index is 6.33. The third kappa shape index (κ3) is 2.40. The Labute approximate surface area is 124 Å². The number of thiazole rings is 1. The highest BCUT2D eigenvalue weighted by Gasteiger charge is 2.33. The number of hydrogen-bond acceptors (Lipinski definition) is 4. The van der Waals surface area contributed by atoms with Crippen LogP contribution in [0.4, 0.5) is 0 Å². The second-order valence-electron chi connectivity index (χ2n) is 6.42. The van der Waals surface area contributed by atoms with E-state index in [1.54, 1.807) is 11.3 Å². The van der Waals surface area contributed by atoms with Crippen molar-refractivity contribution in [2.24, 2.45) is 11.1 Å². The van der Waals surface area contributed by atoms with Crippen LogP contribution in [-0.2, 0) is 13.0 Å². The number of aryl methyl sites for hydroxylation is 1. The third-order valence-corrected chi connectivity index (χ3v) is 5.11. The lowest BCUT2D eigenvalue weighted by Crippen LogP contribution is -2.28. The zero-order chi connectivity index (χ0) is 14.3. The van der Waals surface area contributed by atoms with Gasteiger partial charge in [-0.1, -0.05) is 20.8 Å². The summed E-state index contributed by atoms with van der Waals surface area (Å²) in [5.41, 5.74) is 8.90. The second kappa shape index (κ2) is 4.97. The van der Waals surface area contributed by atoms with Crippen molar-refractivity contribution < 1.29 is 0 Å². The summed E-state index contributed by atoms with van der Waals surface area (Å²) in [4.78, 5) is 6.13. The average Bonchev–Trinajstić information content (AvgIpc) is 2.94. The molecule has 0 aliphatic heterocycles. The van der Waals surface area contributed by atoms with E-state index in [0.717, 1.165) is 36.5 Å². The van der Waals surface area contributed by atoms with E-state index in [2.05, 4.69) is 31.9 Å². The van der Waals surface area contributed by atoms with Crippen LogP contribution in [-0.4, -0.2) is 14.8 Å². The molecular formula is C15H22N4S. The van der Waals surface area contributed by atoms with E-state index in [-0.39, 0.29) is 11.5 Å². The molecule has 1 aliphatic rings. The topological polar surface area (TPSA) is 56.7 Å². The second-order valence-corrected chi connectivity index (χ2v) is 7.45. The van der Waals surface area contributed by atoms with Gasteiger partial charge in [-0.3, -0.25) is 4.68 Å². The van der Waals surface area contributed by atoms with E-state index in [1.165, 1.54) is 10.6 Å². The first-order valence-corrected chi connectivity index (χ1v) is 8.09. The highest BCUT2D eigenvalue weighted by Crippen LogP contribution is 2.43. The van der Waals surface area contributed by atoms with Crippen molar-refractivity contribution in [3.8, 4) is 10.7 Å². The van der Waals surface area contributed by atoms with Crippen LogP contribution < -0.4 is 5.73 Å². The first-order chi connectivity index (χ1) is 9.50. The fourth-order valence-electron chi connectivity index (χ4n) is 3.01. The molecule has 2 heterocycles. The van der Waals surface area contributed by atoms with Gasteiger partial charge < -0.3 is 5.73 Å². The molecule has 0 spiro atoms. The Morgan fingerprint density at radius 2 is 2.30 bits per heavy atom. The number of nitrogens with zero attached hydrogens (tertiary/aromatic N) is 3. The average molecular weight is 290 g/mol. The molecule has 1 atom stereocenters. The van der Waals surface area contributed by atoms with Gasteiger partial charge >= 0.3 is 0 Å². The lowest BCUT2D eigenvalue weighted by atomic mass is 9.77. The molecule has 2 aromatic heterocycles. The van der Waals surface area contributed by atoms with Crippen LogP contribution in [0.5, 0.6) is 0 Å². The molecule has 0 radical (unpaired) electrons. The summed E-state index contributed by atoms with van der Waals surface area (Å²) in [6, 6.07) is 2.18. The molecule has 1 unspecified atom stereocenters. The van der Waals surface area contributed by atoms with Crippen LogP contribution in [0.1, 0.15) is 50.2 Å². The molecule has 0 saturated carbocycles. The monoisotopic (exact) mass is 290 g/mol. The Balaban J connectivity index is 1.99. The largest absolute Gasteiger partial charge is 0.323 e. The van der Waals surface area contributed by atoms with Crippen molar-refractivity contribution in [1.82, 2.24) is 14.8 Å². The highest BCUT2D eigenvalue weighted by molar-refractivity contribution is 7.15. The van der Waals surface area contributed by atoms with Crippen molar-refractivity contribution in [2.75, 3.05) is 0 Å². The maximum Gasteiger partial charge on any atom is 0.142 e. The summed E-state index contributed by atoms with van der Waals surface area (Å²) in [5.74, 6) is 0. The normalized spacial score (nSPS) is 20.9. The molecule has 0 fully saturated rings. The van der Waals surface area contributed by atoms with Gasteiger partial charge in [0.1, 0.15) is 5.01 Å². The molecule has 0 bridgehead atoms. The predicted molar refractivity (Wildman–Crippen MR) is 82.7 cm³/mol. The quantitative estimate of drug-likeness (QED) is 0.942. The highest BCUT2D eigenvalue weighted by atomic mass is 32.1. The molecule has 5 heteroatoms. The Hall–Kier alpha value is -1.20.